The maximum Gasteiger partial charge on any atom is 0.244 e. The molecule has 0 aliphatic carbocycles. The Morgan fingerprint density at radius 2 is 2.00 bits per heavy atom. The molecular weight excluding hydrogens is 464 g/mol. The van der Waals surface area contributed by atoms with Crippen molar-refractivity contribution in [2.24, 2.45) is 0 Å². The van der Waals surface area contributed by atoms with Gasteiger partial charge >= 0.3 is 0 Å². The number of halogens is 3. The molecule has 1 unspecified atom stereocenters. The third-order valence-corrected chi connectivity index (χ3v) is 7.08. The number of benzene rings is 1. The number of nitrogens with one attached hydrogen (secondary N) is 1. The van der Waals surface area contributed by atoms with E-state index in [0.29, 0.717) is 13.3 Å². The van der Waals surface area contributed by atoms with Crippen LogP contribution in [-0.4, -0.2) is 8.42 Å². The zero-order chi connectivity index (χ0) is 15.8. The van der Waals surface area contributed by atoms with Crippen molar-refractivity contribution in [3.05, 3.63) is 42.4 Å². The van der Waals surface area contributed by atoms with Crippen molar-refractivity contribution in [1.82, 2.24) is 4.72 Å². The predicted molar refractivity (Wildman–Crippen MR) is 94.3 cm³/mol. The molecule has 1 atom stereocenters. The van der Waals surface area contributed by atoms with Crippen molar-refractivity contribution < 1.29 is 8.42 Å². The predicted octanol–water partition coefficient (Wildman–Crippen LogP) is 4.55. The molecule has 2 aromatic rings. The van der Waals surface area contributed by atoms with Gasteiger partial charge in [-0.2, -0.15) is 0 Å². The fourth-order valence-electron chi connectivity index (χ4n) is 1.77. The van der Waals surface area contributed by atoms with Crippen LogP contribution >= 0.6 is 54.8 Å². The summed E-state index contributed by atoms with van der Waals surface area (Å²) in [5.74, 6) is 0. The largest absolute Gasteiger partial charge is 0.398 e. The molecule has 0 saturated carbocycles. The van der Waals surface area contributed by atoms with Gasteiger partial charge in [-0.1, -0.05) is 27.5 Å². The molecule has 0 bridgehead atoms. The van der Waals surface area contributed by atoms with Crippen LogP contribution < -0.4 is 10.5 Å². The highest BCUT2D eigenvalue weighted by Crippen LogP contribution is 2.33. The van der Waals surface area contributed by atoms with Gasteiger partial charge in [0.2, 0.25) is 10.0 Å². The second-order valence-electron chi connectivity index (χ2n) is 4.29. The van der Waals surface area contributed by atoms with E-state index >= 15 is 0 Å². The lowest BCUT2D eigenvalue weighted by molar-refractivity contribution is 0.568. The van der Waals surface area contributed by atoms with Crippen LogP contribution in [0.5, 0.6) is 0 Å². The third kappa shape index (κ3) is 4.00. The van der Waals surface area contributed by atoms with Crippen molar-refractivity contribution in [1.29, 1.82) is 0 Å². The summed E-state index contributed by atoms with van der Waals surface area (Å²) < 4.78 is 29.3. The molecule has 0 amide bonds. The third-order valence-electron chi connectivity index (χ3n) is 2.66. The number of rotatable bonds is 4. The maximum absolute atomic E-state index is 12.5. The van der Waals surface area contributed by atoms with Gasteiger partial charge in [-0.05, 0) is 47.1 Å². The quantitative estimate of drug-likeness (QED) is 0.639. The second kappa shape index (κ2) is 6.55. The Kier molecular flexibility index (Phi) is 5.38. The van der Waals surface area contributed by atoms with E-state index < -0.39 is 16.1 Å². The number of nitrogens with two attached hydrogens (primary N) is 1. The summed E-state index contributed by atoms with van der Waals surface area (Å²) in [6.45, 7) is 1.75. The molecule has 0 aliphatic heterocycles. The number of hydrogen-bond donors (Lipinski definition) is 2. The average Bonchev–Trinajstić information content (AvgIpc) is 2.73. The summed E-state index contributed by atoms with van der Waals surface area (Å²) in [6.07, 6.45) is 0. The number of anilines is 1. The first-order chi connectivity index (χ1) is 9.70. The van der Waals surface area contributed by atoms with Gasteiger partial charge in [0.1, 0.15) is 4.90 Å². The molecule has 2 rings (SSSR count). The first-order valence-electron chi connectivity index (χ1n) is 5.73. The zero-order valence-corrected chi connectivity index (χ0v) is 16.3. The molecule has 0 aliphatic rings. The Balaban J connectivity index is 2.35. The molecule has 4 nitrogen and oxygen atoms in total. The SMILES string of the molecule is CC(NS(=O)(=O)c1c(N)cc(Br)cc1Br)c1ccc(Cl)s1. The molecule has 0 saturated heterocycles. The first-order valence-corrected chi connectivity index (χ1v) is 9.99. The van der Waals surface area contributed by atoms with Gasteiger partial charge in [0, 0.05) is 13.8 Å². The lowest BCUT2D eigenvalue weighted by Crippen LogP contribution is -2.27. The van der Waals surface area contributed by atoms with Crippen LogP contribution in [0, 0.1) is 0 Å². The number of sulfonamides is 1. The zero-order valence-electron chi connectivity index (χ0n) is 10.7. The van der Waals surface area contributed by atoms with Crippen molar-refractivity contribution in [3.63, 3.8) is 0 Å². The summed E-state index contributed by atoms with van der Waals surface area (Å²) in [5.41, 5.74) is 6.00. The number of thiophene rings is 1. The minimum Gasteiger partial charge on any atom is -0.398 e. The summed E-state index contributed by atoms with van der Waals surface area (Å²) in [5, 5.41) is 0. The van der Waals surface area contributed by atoms with Crippen molar-refractivity contribution >= 4 is 70.5 Å². The number of nitrogen functional groups attached to an aromatic ring is 1. The topological polar surface area (TPSA) is 72.2 Å². The molecule has 0 radical (unpaired) electrons. The van der Waals surface area contributed by atoms with E-state index in [9.17, 15) is 8.42 Å². The highest BCUT2D eigenvalue weighted by molar-refractivity contribution is 9.11. The Bertz CT molecular complexity index is 754. The van der Waals surface area contributed by atoms with Crippen LogP contribution in [0.1, 0.15) is 17.8 Å². The Labute approximate surface area is 149 Å². The van der Waals surface area contributed by atoms with E-state index in [1.54, 1.807) is 31.2 Å². The standard InChI is InChI=1S/C12H11Br2ClN2O2S2/c1-6(10-2-3-11(15)20-10)17-21(18,19)12-8(14)4-7(13)5-9(12)16/h2-6,17H,16H2,1H3. The van der Waals surface area contributed by atoms with E-state index in [4.69, 9.17) is 17.3 Å². The van der Waals surface area contributed by atoms with E-state index in [1.165, 1.54) is 11.3 Å². The molecule has 1 heterocycles. The van der Waals surface area contributed by atoms with Crippen molar-refractivity contribution in [3.8, 4) is 0 Å². The highest BCUT2D eigenvalue weighted by Gasteiger charge is 2.24. The number of hydrogen-bond acceptors (Lipinski definition) is 4. The smallest absolute Gasteiger partial charge is 0.244 e. The lowest BCUT2D eigenvalue weighted by atomic mass is 10.3. The molecule has 9 heteroatoms. The van der Waals surface area contributed by atoms with E-state index in [1.807, 2.05) is 0 Å². The van der Waals surface area contributed by atoms with Crippen molar-refractivity contribution in [2.75, 3.05) is 5.73 Å². The fraction of sp³-hybridized carbons (Fsp3) is 0.167. The van der Waals surface area contributed by atoms with Crippen molar-refractivity contribution in [2.45, 2.75) is 17.9 Å². The molecule has 1 aromatic carbocycles. The van der Waals surface area contributed by atoms with Crippen LogP contribution in [0.2, 0.25) is 4.34 Å². The second-order valence-corrected chi connectivity index (χ2v) is 9.46. The van der Waals surface area contributed by atoms with Gasteiger partial charge in [0.25, 0.3) is 0 Å². The van der Waals surface area contributed by atoms with Gasteiger partial charge in [0.05, 0.1) is 16.1 Å². The summed E-state index contributed by atoms with van der Waals surface area (Å²) >= 11 is 13.7. The van der Waals surface area contributed by atoms with Crippen LogP contribution in [0.3, 0.4) is 0 Å². The lowest BCUT2D eigenvalue weighted by Gasteiger charge is -2.15. The van der Waals surface area contributed by atoms with Gasteiger partial charge in [-0.15, -0.1) is 11.3 Å². The molecular formula is C12H11Br2ClN2O2S2. The van der Waals surface area contributed by atoms with Crippen LogP contribution in [0.15, 0.2) is 38.1 Å². The van der Waals surface area contributed by atoms with E-state index in [-0.39, 0.29) is 10.6 Å². The maximum atomic E-state index is 12.5. The van der Waals surface area contributed by atoms with Crippen LogP contribution in [0.4, 0.5) is 5.69 Å². The normalized spacial score (nSPS) is 13.3. The first kappa shape index (κ1) is 17.2. The summed E-state index contributed by atoms with van der Waals surface area (Å²) in [7, 11) is -3.76. The van der Waals surface area contributed by atoms with Gasteiger partial charge in [-0.3, -0.25) is 0 Å². The molecule has 21 heavy (non-hydrogen) atoms. The average molecular weight is 475 g/mol. The van der Waals surface area contributed by atoms with E-state index in [0.717, 1.165) is 4.88 Å². The molecule has 1 aromatic heterocycles. The molecule has 0 fully saturated rings. The minimum absolute atomic E-state index is 0.0280. The van der Waals surface area contributed by atoms with Gasteiger partial charge in [0.15, 0.2) is 0 Å². The molecule has 114 valence electrons. The van der Waals surface area contributed by atoms with Crippen LogP contribution in [0.25, 0.3) is 0 Å². The Morgan fingerprint density at radius 1 is 1.33 bits per heavy atom. The van der Waals surface area contributed by atoms with Crippen LogP contribution in [-0.2, 0) is 10.0 Å². The molecule has 0 spiro atoms. The highest BCUT2D eigenvalue weighted by atomic mass is 79.9. The Hall–Kier alpha value is -0.120. The molecule has 3 N–H and O–H groups in total. The Morgan fingerprint density at radius 3 is 2.52 bits per heavy atom. The summed E-state index contributed by atoms with van der Waals surface area (Å²) in [4.78, 5) is 0.857. The minimum atomic E-state index is -3.76. The summed E-state index contributed by atoms with van der Waals surface area (Å²) in [6, 6.07) is 6.31. The van der Waals surface area contributed by atoms with Gasteiger partial charge in [-0.25, -0.2) is 13.1 Å². The monoisotopic (exact) mass is 472 g/mol. The fourth-order valence-corrected chi connectivity index (χ4v) is 6.21. The van der Waals surface area contributed by atoms with Gasteiger partial charge < -0.3 is 5.73 Å². The van der Waals surface area contributed by atoms with E-state index in [2.05, 4.69) is 36.6 Å².